The molecule has 2 heterocycles. The molecule has 128 valence electrons. The molecule has 2 aromatic heterocycles. The molecule has 0 aliphatic heterocycles. The highest BCUT2D eigenvalue weighted by Gasteiger charge is 2.13. The predicted octanol–water partition coefficient (Wildman–Crippen LogP) is 2.31. The molecule has 2 amide bonds. The molecule has 2 N–H and O–H groups in total. The molecule has 0 spiro atoms. The van der Waals surface area contributed by atoms with E-state index in [1.165, 1.54) is 18.4 Å². The number of urea groups is 1. The van der Waals surface area contributed by atoms with Gasteiger partial charge in [-0.1, -0.05) is 17.4 Å². The molecule has 0 aromatic carbocycles. The first-order valence-electron chi connectivity index (χ1n) is 7.46. The predicted molar refractivity (Wildman–Crippen MR) is 89.7 cm³/mol. The Balaban J connectivity index is 1.79. The van der Waals surface area contributed by atoms with E-state index in [-0.39, 0.29) is 18.0 Å². The Bertz CT molecular complexity index is 677. The molecule has 24 heavy (non-hydrogen) atoms. The van der Waals surface area contributed by atoms with Crippen molar-refractivity contribution in [3.8, 4) is 0 Å². The van der Waals surface area contributed by atoms with Gasteiger partial charge >= 0.3 is 12.0 Å². The number of esters is 1. The maximum atomic E-state index is 12.0. The normalized spacial score (nSPS) is 11.6. The molecule has 0 radical (unpaired) electrons. The number of rotatable bonds is 7. The quantitative estimate of drug-likeness (QED) is 0.743. The summed E-state index contributed by atoms with van der Waals surface area (Å²) in [5, 5.41) is 14.5. The minimum absolute atomic E-state index is 0.223. The molecular weight excluding hydrogens is 330 g/mol. The number of ether oxygens (including phenoxy) is 1. The number of nitrogens with one attached hydrogen (secondary N) is 2. The van der Waals surface area contributed by atoms with Gasteiger partial charge in [-0.25, -0.2) is 4.79 Å². The van der Waals surface area contributed by atoms with E-state index in [0.717, 1.165) is 10.7 Å². The number of anilines is 1. The average molecular weight is 349 g/mol. The van der Waals surface area contributed by atoms with Crippen molar-refractivity contribution in [3.63, 3.8) is 0 Å². The monoisotopic (exact) mass is 349 g/mol. The van der Waals surface area contributed by atoms with Gasteiger partial charge in [-0.05, 0) is 25.5 Å². The Hall–Kier alpha value is -2.55. The molecule has 2 aromatic rings. The van der Waals surface area contributed by atoms with Crippen molar-refractivity contribution in [2.75, 3.05) is 12.4 Å². The molecule has 0 unspecified atom stereocenters. The number of carbonyl (C=O) groups is 2. The van der Waals surface area contributed by atoms with Gasteiger partial charge in [0.2, 0.25) is 5.13 Å². The van der Waals surface area contributed by atoms with Crippen LogP contribution in [-0.2, 0) is 16.0 Å². The third-order valence-corrected chi connectivity index (χ3v) is 4.06. The Morgan fingerprint density at radius 2 is 2.17 bits per heavy atom. The third-order valence-electron chi connectivity index (χ3n) is 3.17. The van der Waals surface area contributed by atoms with Gasteiger partial charge in [-0.2, -0.15) is 0 Å². The van der Waals surface area contributed by atoms with Crippen LogP contribution in [0.5, 0.6) is 0 Å². The number of nitrogens with zero attached hydrogens (tertiary/aromatic N) is 3. The van der Waals surface area contributed by atoms with Gasteiger partial charge in [0.05, 0.1) is 18.8 Å². The molecule has 0 saturated carbocycles. The number of methoxy groups -OCH3 is 1. The molecule has 1 atom stereocenters. The summed E-state index contributed by atoms with van der Waals surface area (Å²) in [4.78, 5) is 27.2. The fraction of sp³-hybridized carbons (Fsp3) is 0.400. The first-order valence-corrected chi connectivity index (χ1v) is 8.27. The first-order chi connectivity index (χ1) is 11.6. The van der Waals surface area contributed by atoms with Crippen LogP contribution in [0.15, 0.2) is 24.4 Å². The van der Waals surface area contributed by atoms with E-state index in [9.17, 15) is 9.59 Å². The fourth-order valence-corrected chi connectivity index (χ4v) is 2.70. The summed E-state index contributed by atoms with van der Waals surface area (Å²) in [6, 6.07) is 4.93. The molecule has 0 fully saturated rings. The second-order valence-corrected chi connectivity index (χ2v) is 6.07. The largest absolute Gasteiger partial charge is 0.469 e. The zero-order chi connectivity index (χ0) is 17.4. The van der Waals surface area contributed by atoms with Crippen LogP contribution in [0.2, 0.25) is 0 Å². The molecule has 0 bridgehead atoms. The lowest BCUT2D eigenvalue weighted by atomic mass is 10.2. The smallest absolute Gasteiger partial charge is 0.321 e. The summed E-state index contributed by atoms with van der Waals surface area (Å²) in [5.41, 5.74) is 0.772. The Morgan fingerprint density at radius 1 is 1.33 bits per heavy atom. The lowest BCUT2D eigenvalue weighted by Gasteiger charge is -2.12. The van der Waals surface area contributed by atoms with Crippen molar-refractivity contribution in [1.29, 1.82) is 0 Å². The van der Waals surface area contributed by atoms with Crippen LogP contribution in [0.4, 0.5) is 9.93 Å². The lowest BCUT2D eigenvalue weighted by molar-refractivity contribution is -0.140. The highest BCUT2D eigenvalue weighted by atomic mass is 32.1. The van der Waals surface area contributed by atoms with Gasteiger partial charge < -0.3 is 10.1 Å². The SMILES string of the molecule is COC(=O)CCCc1nnc(NC(=O)N[C@H](C)c2ccccn2)s1. The topological polar surface area (TPSA) is 106 Å². The number of carbonyl (C=O) groups excluding carboxylic acids is 2. The van der Waals surface area contributed by atoms with Crippen molar-refractivity contribution >= 4 is 28.5 Å². The number of aryl methyl sites for hydroxylation is 1. The van der Waals surface area contributed by atoms with E-state index in [0.29, 0.717) is 24.4 Å². The highest BCUT2D eigenvalue weighted by Crippen LogP contribution is 2.17. The Morgan fingerprint density at radius 3 is 2.88 bits per heavy atom. The molecule has 0 aliphatic carbocycles. The molecule has 0 aliphatic rings. The van der Waals surface area contributed by atoms with E-state index < -0.39 is 0 Å². The first kappa shape index (κ1) is 17.8. The number of hydrogen-bond donors (Lipinski definition) is 2. The zero-order valence-electron chi connectivity index (χ0n) is 13.5. The number of amides is 2. The van der Waals surface area contributed by atoms with Gasteiger partial charge in [-0.3, -0.25) is 15.1 Å². The maximum Gasteiger partial charge on any atom is 0.321 e. The number of pyridine rings is 1. The van der Waals surface area contributed by atoms with Crippen LogP contribution in [-0.4, -0.2) is 34.3 Å². The maximum absolute atomic E-state index is 12.0. The standard InChI is InChI=1S/C15H19N5O3S/c1-10(11-6-3-4-9-16-11)17-14(22)18-15-20-19-12(24-15)7-5-8-13(21)23-2/h3-4,6,9-10H,5,7-8H2,1-2H3,(H2,17,18,20,22)/t10-/m1/s1. The minimum Gasteiger partial charge on any atom is -0.469 e. The second-order valence-electron chi connectivity index (χ2n) is 5.01. The van der Waals surface area contributed by atoms with E-state index >= 15 is 0 Å². The second kappa shape index (κ2) is 8.92. The highest BCUT2D eigenvalue weighted by molar-refractivity contribution is 7.15. The van der Waals surface area contributed by atoms with Crippen LogP contribution in [0.3, 0.4) is 0 Å². The zero-order valence-corrected chi connectivity index (χ0v) is 14.3. The van der Waals surface area contributed by atoms with Crippen LogP contribution < -0.4 is 10.6 Å². The third kappa shape index (κ3) is 5.58. The molecule has 0 saturated heterocycles. The Kier molecular flexibility index (Phi) is 6.62. The summed E-state index contributed by atoms with van der Waals surface area (Å²) in [7, 11) is 1.36. The lowest BCUT2D eigenvalue weighted by Crippen LogP contribution is -2.31. The van der Waals surface area contributed by atoms with Gasteiger partial charge in [0, 0.05) is 19.0 Å². The van der Waals surface area contributed by atoms with Crippen LogP contribution in [0, 0.1) is 0 Å². The van der Waals surface area contributed by atoms with Crippen LogP contribution >= 0.6 is 11.3 Å². The summed E-state index contributed by atoms with van der Waals surface area (Å²) in [6.07, 6.45) is 3.25. The molecular formula is C15H19N5O3S. The molecule has 8 nitrogen and oxygen atoms in total. The van der Waals surface area contributed by atoms with Gasteiger partial charge in [0.25, 0.3) is 0 Å². The van der Waals surface area contributed by atoms with Gasteiger partial charge in [-0.15, -0.1) is 10.2 Å². The van der Waals surface area contributed by atoms with Crippen molar-refractivity contribution in [2.24, 2.45) is 0 Å². The number of hydrogen-bond acceptors (Lipinski definition) is 7. The van der Waals surface area contributed by atoms with Crippen molar-refractivity contribution in [1.82, 2.24) is 20.5 Å². The number of aromatic nitrogens is 3. The minimum atomic E-state index is -0.370. The molecule has 2 rings (SSSR count). The summed E-state index contributed by atoms with van der Waals surface area (Å²) in [6.45, 7) is 1.85. The van der Waals surface area contributed by atoms with Gasteiger partial charge in [0.1, 0.15) is 5.01 Å². The van der Waals surface area contributed by atoms with Crippen molar-refractivity contribution < 1.29 is 14.3 Å². The van der Waals surface area contributed by atoms with Crippen LogP contribution in [0.25, 0.3) is 0 Å². The summed E-state index contributed by atoms with van der Waals surface area (Å²) >= 11 is 1.28. The van der Waals surface area contributed by atoms with Crippen molar-refractivity contribution in [3.05, 3.63) is 35.1 Å². The van der Waals surface area contributed by atoms with E-state index in [4.69, 9.17) is 0 Å². The molecule has 9 heteroatoms. The van der Waals surface area contributed by atoms with Gasteiger partial charge in [0.15, 0.2) is 0 Å². The van der Waals surface area contributed by atoms with Crippen LogP contribution in [0.1, 0.15) is 36.5 Å². The summed E-state index contributed by atoms with van der Waals surface area (Å²) < 4.78 is 4.58. The van der Waals surface area contributed by atoms with E-state index in [2.05, 4.69) is 30.6 Å². The van der Waals surface area contributed by atoms with Crippen molar-refractivity contribution in [2.45, 2.75) is 32.2 Å². The fourth-order valence-electron chi connectivity index (χ4n) is 1.93. The van der Waals surface area contributed by atoms with E-state index in [1.54, 1.807) is 6.20 Å². The summed E-state index contributed by atoms with van der Waals surface area (Å²) in [5.74, 6) is -0.249. The Labute approximate surface area is 143 Å². The van der Waals surface area contributed by atoms with E-state index in [1.807, 2.05) is 25.1 Å². The average Bonchev–Trinajstić information content (AvgIpc) is 3.02.